The van der Waals surface area contributed by atoms with Gasteiger partial charge in [-0.05, 0) is 33.2 Å². The number of aromatic nitrogens is 1. The summed E-state index contributed by atoms with van der Waals surface area (Å²) in [6.07, 6.45) is 1.72. The minimum absolute atomic E-state index is 0.0387. The van der Waals surface area contributed by atoms with E-state index in [2.05, 4.69) is 4.98 Å². The van der Waals surface area contributed by atoms with Crippen LogP contribution in [0.4, 0.5) is 0 Å². The SMILES string of the molecule is CN(C)C(C)(CC(=O)O)c1ccccn1. The van der Waals surface area contributed by atoms with Crippen molar-refractivity contribution in [3.05, 3.63) is 30.1 Å². The second-order valence-corrected chi connectivity index (χ2v) is 3.95. The second-order valence-electron chi connectivity index (χ2n) is 3.95. The Balaban J connectivity index is 3.07. The summed E-state index contributed by atoms with van der Waals surface area (Å²) < 4.78 is 0. The summed E-state index contributed by atoms with van der Waals surface area (Å²) in [7, 11) is 3.72. The molecular formula is C11H16N2O2. The minimum atomic E-state index is -0.822. The first kappa shape index (κ1) is 11.7. The fourth-order valence-electron chi connectivity index (χ4n) is 1.45. The summed E-state index contributed by atoms with van der Waals surface area (Å²) in [6, 6.07) is 5.54. The molecule has 0 bridgehead atoms. The predicted octanol–water partition coefficient (Wildman–Crippen LogP) is 1.33. The van der Waals surface area contributed by atoms with E-state index in [4.69, 9.17) is 5.11 Å². The summed E-state index contributed by atoms with van der Waals surface area (Å²) in [6.45, 7) is 1.88. The average molecular weight is 208 g/mol. The van der Waals surface area contributed by atoms with Crippen LogP contribution in [0.15, 0.2) is 24.4 Å². The van der Waals surface area contributed by atoms with Crippen molar-refractivity contribution in [3.8, 4) is 0 Å². The molecule has 0 radical (unpaired) electrons. The Labute approximate surface area is 89.6 Å². The molecule has 0 spiro atoms. The monoisotopic (exact) mass is 208 g/mol. The zero-order chi connectivity index (χ0) is 11.5. The van der Waals surface area contributed by atoms with Crippen molar-refractivity contribution in [2.75, 3.05) is 14.1 Å². The van der Waals surface area contributed by atoms with Gasteiger partial charge in [-0.3, -0.25) is 14.7 Å². The van der Waals surface area contributed by atoms with Gasteiger partial charge in [0.15, 0.2) is 0 Å². The molecular weight excluding hydrogens is 192 g/mol. The van der Waals surface area contributed by atoms with Crippen molar-refractivity contribution in [2.24, 2.45) is 0 Å². The Morgan fingerprint density at radius 3 is 2.60 bits per heavy atom. The molecule has 0 amide bonds. The fourth-order valence-corrected chi connectivity index (χ4v) is 1.45. The van der Waals surface area contributed by atoms with Crippen LogP contribution < -0.4 is 0 Å². The van der Waals surface area contributed by atoms with Gasteiger partial charge in [-0.2, -0.15) is 0 Å². The number of hydrogen-bond donors (Lipinski definition) is 1. The lowest BCUT2D eigenvalue weighted by molar-refractivity contribution is -0.140. The first-order valence-electron chi connectivity index (χ1n) is 4.77. The Morgan fingerprint density at radius 1 is 1.53 bits per heavy atom. The number of carbonyl (C=O) groups is 1. The highest BCUT2D eigenvalue weighted by molar-refractivity contribution is 5.68. The number of nitrogens with zero attached hydrogens (tertiary/aromatic N) is 2. The van der Waals surface area contributed by atoms with Gasteiger partial charge in [-0.25, -0.2) is 0 Å². The topological polar surface area (TPSA) is 53.4 Å². The summed E-state index contributed by atoms with van der Waals surface area (Å²) in [4.78, 5) is 16.9. The van der Waals surface area contributed by atoms with Crippen LogP contribution in [0, 0.1) is 0 Å². The molecule has 15 heavy (non-hydrogen) atoms. The molecule has 0 aromatic carbocycles. The number of pyridine rings is 1. The molecule has 0 saturated carbocycles. The molecule has 0 aliphatic carbocycles. The van der Waals surface area contributed by atoms with Gasteiger partial charge >= 0.3 is 5.97 Å². The first-order valence-corrected chi connectivity index (χ1v) is 4.77. The standard InChI is InChI=1S/C11H16N2O2/c1-11(13(2)3,8-10(14)15)9-6-4-5-7-12-9/h4-7H,8H2,1-3H3,(H,14,15). The Kier molecular flexibility index (Phi) is 3.42. The van der Waals surface area contributed by atoms with Crippen molar-refractivity contribution in [1.82, 2.24) is 9.88 Å². The van der Waals surface area contributed by atoms with Crippen molar-refractivity contribution in [3.63, 3.8) is 0 Å². The Bertz CT molecular complexity index is 338. The molecule has 0 saturated heterocycles. The Morgan fingerprint density at radius 2 is 2.20 bits per heavy atom. The maximum atomic E-state index is 10.8. The number of carboxylic acid groups (broad SMARTS) is 1. The summed E-state index contributed by atoms with van der Waals surface area (Å²) >= 11 is 0. The van der Waals surface area contributed by atoms with Crippen molar-refractivity contribution < 1.29 is 9.90 Å². The van der Waals surface area contributed by atoms with Gasteiger partial charge in [0.1, 0.15) is 0 Å². The third-order valence-corrected chi connectivity index (χ3v) is 2.70. The minimum Gasteiger partial charge on any atom is -0.481 e. The maximum Gasteiger partial charge on any atom is 0.305 e. The molecule has 0 aliphatic heterocycles. The van der Waals surface area contributed by atoms with E-state index in [-0.39, 0.29) is 6.42 Å². The fraction of sp³-hybridized carbons (Fsp3) is 0.455. The molecule has 82 valence electrons. The smallest absolute Gasteiger partial charge is 0.305 e. The van der Waals surface area contributed by atoms with E-state index in [1.807, 2.05) is 44.1 Å². The van der Waals surface area contributed by atoms with Crippen LogP contribution in [-0.2, 0) is 10.3 Å². The molecule has 1 heterocycles. The van der Waals surface area contributed by atoms with E-state index in [0.717, 1.165) is 5.69 Å². The largest absolute Gasteiger partial charge is 0.481 e. The van der Waals surface area contributed by atoms with Crippen LogP contribution in [0.2, 0.25) is 0 Å². The molecule has 1 rings (SSSR count). The van der Waals surface area contributed by atoms with Crippen LogP contribution in [0.1, 0.15) is 19.0 Å². The van der Waals surface area contributed by atoms with Crippen LogP contribution in [0.5, 0.6) is 0 Å². The average Bonchev–Trinajstić information content (AvgIpc) is 2.17. The van der Waals surface area contributed by atoms with Crippen molar-refractivity contribution in [2.45, 2.75) is 18.9 Å². The van der Waals surface area contributed by atoms with Gasteiger partial charge in [0.2, 0.25) is 0 Å². The first-order chi connectivity index (χ1) is 6.97. The molecule has 0 aliphatic rings. The van der Waals surface area contributed by atoms with Gasteiger partial charge in [0.25, 0.3) is 0 Å². The third-order valence-electron chi connectivity index (χ3n) is 2.70. The van der Waals surface area contributed by atoms with Crippen LogP contribution >= 0.6 is 0 Å². The van der Waals surface area contributed by atoms with E-state index >= 15 is 0 Å². The highest BCUT2D eigenvalue weighted by Crippen LogP contribution is 2.27. The van der Waals surface area contributed by atoms with Crippen molar-refractivity contribution in [1.29, 1.82) is 0 Å². The molecule has 1 aromatic rings. The molecule has 1 N–H and O–H groups in total. The van der Waals surface area contributed by atoms with Gasteiger partial charge in [-0.1, -0.05) is 6.07 Å². The molecule has 4 nitrogen and oxygen atoms in total. The lowest BCUT2D eigenvalue weighted by atomic mass is 9.91. The quantitative estimate of drug-likeness (QED) is 0.811. The number of rotatable bonds is 4. The third kappa shape index (κ3) is 2.53. The normalized spacial score (nSPS) is 14.9. The maximum absolute atomic E-state index is 10.8. The van der Waals surface area contributed by atoms with Gasteiger partial charge < -0.3 is 5.11 Å². The molecule has 1 aromatic heterocycles. The van der Waals surface area contributed by atoms with Gasteiger partial charge in [-0.15, -0.1) is 0 Å². The molecule has 1 unspecified atom stereocenters. The molecule has 4 heteroatoms. The number of aliphatic carboxylic acids is 1. The zero-order valence-corrected chi connectivity index (χ0v) is 9.27. The highest BCUT2D eigenvalue weighted by Gasteiger charge is 2.33. The summed E-state index contributed by atoms with van der Waals surface area (Å²) in [5.74, 6) is -0.822. The summed E-state index contributed by atoms with van der Waals surface area (Å²) in [5.41, 5.74) is 0.213. The highest BCUT2D eigenvalue weighted by atomic mass is 16.4. The van der Waals surface area contributed by atoms with E-state index < -0.39 is 11.5 Å². The van der Waals surface area contributed by atoms with Crippen LogP contribution in [-0.4, -0.2) is 35.1 Å². The predicted molar refractivity (Wildman–Crippen MR) is 57.5 cm³/mol. The second kappa shape index (κ2) is 4.40. The molecule has 0 fully saturated rings. The van der Waals surface area contributed by atoms with Crippen LogP contribution in [0.3, 0.4) is 0 Å². The van der Waals surface area contributed by atoms with Crippen molar-refractivity contribution >= 4 is 5.97 Å². The van der Waals surface area contributed by atoms with E-state index in [0.29, 0.717) is 0 Å². The Hall–Kier alpha value is -1.42. The molecule has 1 atom stereocenters. The van der Waals surface area contributed by atoms with E-state index in [1.54, 1.807) is 6.20 Å². The van der Waals surface area contributed by atoms with Crippen LogP contribution in [0.25, 0.3) is 0 Å². The summed E-state index contributed by atoms with van der Waals surface area (Å²) in [5, 5.41) is 8.90. The lowest BCUT2D eigenvalue weighted by Crippen LogP contribution is -2.41. The van der Waals surface area contributed by atoms with E-state index in [1.165, 1.54) is 0 Å². The lowest BCUT2D eigenvalue weighted by Gasteiger charge is -2.34. The zero-order valence-electron chi connectivity index (χ0n) is 9.27. The van der Waals surface area contributed by atoms with E-state index in [9.17, 15) is 4.79 Å². The van der Waals surface area contributed by atoms with Gasteiger partial charge in [0.05, 0.1) is 17.7 Å². The number of carboxylic acids is 1. The van der Waals surface area contributed by atoms with Gasteiger partial charge in [0, 0.05) is 6.20 Å². The number of hydrogen-bond acceptors (Lipinski definition) is 3.